The molecule has 0 spiro atoms. The number of ether oxygens (including phenoxy) is 1. The number of hydrogen-bond acceptors (Lipinski definition) is 4. The molecule has 25 heavy (non-hydrogen) atoms. The average molecular weight is 361 g/mol. The lowest BCUT2D eigenvalue weighted by Gasteiger charge is -2.14. The highest BCUT2D eigenvalue weighted by atomic mass is 35.5. The van der Waals surface area contributed by atoms with Crippen LogP contribution in [0.25, 0.3) is 0 Å². The number of anilines is 1. The van der Waals surface area contributed by atoms with Crippen LogP contribution in [0.1, 0.15) is 29.3 Å². The number of nitrogen functional groups attached to an aromatic ring is 1. The summed E-state index contributed by atoms with van der Waals surface area (Å²) in [7, 11) is 0. The van der Waals surface area contributed by atoms with Gasteiger partial charge in [0.1, 0.15) is 0 Å². The average Bonchev–Trinajstić information content (AvgIpc) is 2.61. The molecular formula is C19H21ClN2O3. The predicted molar refractivity (Wildman–Crippen MR) is 98.5 cm³/mol. The Morgan fingerprint density at radius 3 is 2.60 bits per heavy atom. The van der Waals surface area contributed by atoms with Crippen LogP contribution in [0, 0.1) is 0 Å². The molecule has 0 saturated heterocycles. The van der Waals surface area contributed by atoms with Crippen LogP contribution in [0.4, 0.5) is 5.69 Å². The smallest absolute Gasteiger partial charge is 0.338 e. The lowest BCUT2D eigenvalue weighted by Crippen LogP contribution is -2.36. The van der Waals surface area contributed by atoms with Crippen molar-refractivity contribution in [1.29, 1.82) is 0 Å². The van der Waals surface area contributed by atoms with Crippen LogP contribution < -0.4 is 11.1 Å². The maximum Gasteiger partial charge on any atom is 0.338 e. The number of esters is 1. The van der Waals surface area contributed by atoms with Gasteiger partial charge in [-0.05, 0) is 43.5 Å². The van der Waals surface area contributed by atoms with Gasteiger partial charge in [0.2, 0.25) is 0 Å². The van der Waals surface area contributed by atoms with Gasteiger partial charge < -0.3 is 15.8 Å². The highest BCUT2D eigenvalue weighted by Crippen LogP contribution is 2.19. The summed E-state index contributed by atoms with van der Waals surface area (Å²) in [6, 6.07) is 14.5. The standard InChI is InChI=1S/C19H21ClN2O3/c1-13(7-8-14-5-3-2-4-6-14)22-18(23)12-25-19(24)15-9-10-16(20)17(21)11-15/h2-6,9-11,13H,7-8,12,21H2,1H3,(H,22,23). The lowest BCUT2D eigenvalue weighted by atomic mass is 10.1. The normalized spacial score (nSPS) is 11.6. The molecule has 0 aliphatic rings. The molecule has 1 atom stereocenters. The third-order valence-corrected chi connectivity index (χ3v) is 4.03. The monoisotopic (exact) mass is 360 g/mol. The number of hydrogen-bond donors (Lipinski definition) is 2. The molecule has 5 nitrogen and oxygen atoms in total. The number of amides is 1. The van der Waals surface area contributed by atoms with Gasteiger partial charge in [0, 0.05) is 6.04 Å². The largest absolute Gasteiger partial charge is 0.452 e. The van der Waals surface area contributed by atoms with E-state index in [0.29, 0.717) is 5.02 Å². The summed E-state index contributed by atoms with van der Waals surface area (Å²) < 4.78 is 5.00. The summed E-state index contributed by atoms with van der Waals surface area (Å²) >= 11 is 5.80. The molecule has 2 aromatic carbocycles. The quantitative estimate of drug-likeness (QED) is 0.586. The first-order valence-corrected chi connectivity index (χ1v) is 8.39. The van der Waals surface area contributed by atoms with E-state index in [2.05, 4.69) is 5.32 Å². The number of nitrogens with two attached hydrogens (primary N) is 1. The van der Waals surface area contributed by atoms with E-state index in [1.807, 2.05) is 37.3 Å². The fourth-order valence-corrected chi connectivity index (χ4v) is 2.42. The zero-order chi connectivity index (χ0) is 18.2. The van der Waals surface area contributed by atoms with E-state index in [9.17, 15) is 9.59 Å². The van der Waals surface area contributed by atoms with Crippen LogP contribution in [-0.2, 0) is 16.0 Å². The summed E-state index contributed by atoms with van der Waals surface area (Å²) in [5.41, 5.74) is 7.40. The molecule has 3 N–H and O–H groups in total. The van der Waals surface area contributed by atoms with E-state index >= 15 is 0 Å². The number of nitrogens with one attached hydrogen (secondary N) is 1. The van der Waals surface area contributed by atoms with Crippen LogP contribution >= 0.6 is 11.6 Å². The predicted octanol–water partition coefficient (Wildman–Crippen LogP) is 3.22. The Balaban J connectivity index is 1.74. The van der Waals surface area contributed by atoms with Crippen molar-refractivity contribution >= 4 is 29.2 Å². The molecule has 0 saturated carbocycles. The highest BCUT2D eigenvalue weighted by Gasteiger charge is 2.13. The fraction of sp³-hybridized carbons (Fsp3) is 0.263. The summed E-state index contributed by atoms with van der Waals surface area (Å²) in [4.78, 5) is 23.8. The Morgan fingerprint density at radius 1 is 1.20 bits per heavy atom. The molecule has 0 aromatic heterocycles. The van der Waals surface area contributed by atoms with E-state index in [1.54, 1.807) is 0 Å². The zero-order valence-corrected chi connectivity index (χ0v) is 14.8. The minimum atomic E-state index is -0.615. The number of halogens is 1. The van der Waals surface area contributed by atoms with Gasteiger partial charge in [0.25, 0.3) is 5.91 Å². The third kappa shape index (κ3) is 6.12. The number of carbonyl (C=O) groups excluding carboxylic acids is 2. The van der Waals surface area contributed by atoms with Gasteiger partial charge in [-0.2, -0.15) is 0 Å². The highest BCUT2D eigenvalue weighted by molar-refractivity contribution is 6.33. The zero-order valence-electron chi connectivity index (χ0n) is 14.0. The van der Waals surface area contributed by atoms with E-state index in [0.717, 1.165) is 12.8 Å². The molecule has 2 rings (SSSR count). The Labute approximate surface area is 152 Å². The van der Waals surface area contributed by atoms with Gasteiger partial charge in [0.15, 0.2) is 6.61 Å². The Hall–Kier alpha value is -2.53. The fourth-order valence-electron chi connectivity index (χ4n) is 2.30. The van der Waals surface area contributed by atoms with Crippen molar-refractivity contribution in [3.63, 3.8) is 0 Å². The third-order valence-electron chi connectivity index (χ3n) is 3.68. The molecule has 0 radical (unpaired) electrons. The Bertz CT molecular complexity index is 735. The second kappa shape index (κ2) is 9.08. The number of benzene rings is 2. The van der Waals surface area contributed by atoms with Crippen molar-refractivity contribution in [3.05, 3.63) is 64.7 Å². The van der Waals surface area contributed by atoms with Crippen LogP contribution in [0.3, 0.4) is 0 Å². The first-order chi connectivity index (χ1) is 12.0. The number of rotatable bonds is 7. The molecule has 0 aliphatic heterocycles. The van der Waals surface area contributed by atoms with Gasteiger partial charge in [-0.25, -0.2) is 4.79 Å². The summed E-state index contributed by atoms with van der Waals surface area (Å²) in [6.45, 7) is 1.58. The van der Waals surface area contributed by atoms with Gasteiger partial charge in [0.05, 0.1) is 16.3 Å². The summed E-state index contributed by atoms with van der Waals surface area (Å²) in [5.74, 6) is -0.952. The van der Waals surface area contributed by atoms with Gasteiger partial charge in [-0.1, -0.05) is 41.9 Å². The Kier molecular flexibility index (Phi) is 6.83. The minimum Gasteiger partial charge on any atom is -0.452 e. The molecule has 6 heteroatoms. The molecule has 0 fully saturated rings. The lowest BCUT2D eigenvalue weighted by molar-refractivity contribution is -0.124. The maximum atomic E-state index is 11.9. The van der Waals surface area contributed by atoms with E-state index < -0.39 is 5.97 Å². The van der Waals surface area contributed by atoms with E-state index in [1.165, 1.54) is 23.8 Å². The second-order valence-corrected chi connectivity index (χ2v) is 6.21. The maximum absolute atomic E-state index is 11.9. The summed E-state index contributed by atoms with van der Waals surface area (Å²) in [6.07, 6.45) is 1.67. The SMILES string of the molecule is CC(CCc1ccccc1)NC(=O)COC(=O)c1ccc(Cl)c(N)c1. The second-order valence-electron chi connectivity index (χ2n) is 5.81. The summed E-state index contributed by atoms with van der Waals surface area (Å²) in [5, 5.41) is 3.18. The first-order valence-electron chi connectivity index (χ1n) is 8.01. The molecule has 1 unspecified atom stereocenters. The molecule has 0 aliphatic carbocycles. The van der Waals surface area contributed by atoms with Crippen molar-refractivity contribution < 1.29 is 14.3 Å². The van der Waals surface area contributed by atoms with E-state index in [4.69, 9.17) is 22.1 Å². The molecule has 0 heterocycles. The van der Waals surface area contributed by atoms with Crippen molar-refractivity contribution in [2.45, 2.75) is 25.8 Å². The topological polar surface area (TPSA) is 81.4 Å². The number of aryl methyl sites for hydroxylation is 1. The van der Waals surface area contributed by atoms with Crippen molar-refractivity contribution in [2.24, 2.45) is 0 Å². The van der Waals surface area contributed by atoms with Crippen LogP contribution in [0.15, 0.2) is 48.5 Å². The van der Waals surface area contributed by atoms with Gasteiger partial charge in [-0.3, -0.25) is 4.79 Å². The molecule has 0 bridgehead atoms. The molecule has 1 amide bonds. The van der Waals surface area contributed by atoms with Crippen LogP contribution in [-0.4, -0.2) is 24.5 Å². The van der Waals surface area contributed by atoms with Gasteiger partial charge in [-0.15, -0.1) is 0 Å². The van der Waals surface area contributed by atoms with Crippen LogP contribution in [0.2, 0.25) is 5.02 Å². The van der Waals surface area contributed by atoms with Crippen LogP contribution in [0.5, 0.6) is 0 Å². The number of carbonyl (C=O) groups is 2. The minimum absolute atomic E-state index is 0.0161. The molecule has 132 valence electrons. The Morgan fingerprint density at radius 2 is 1.92 bits per heavy atom. The first kappa shape index (κ1) is 18.8. The van der Waals surface area contributed by atoms with Crippen molar-refractivity contribution in [2.75, 3.05) is 12.3 Å². The van der Waals surface area contributed by atoms with Gasteiger partial charge >= 0.3 is 5.97 Å². The van der Waals surface area contributed by atoms with Crippen molar-refractivity contribution in [1.82, 2.24) is 5.32 Å². The molecular weight excluding hydrogens is 340 g/mol. The molecule has 2 aromatic rings. The van der Waals surface area contributed by atoms with Crippen molar-refractivity contribution in [3.8, 4) is 0 Å². The van der Waals surface area contributed by atoms with E-state index in [-0.39, 0.29) is 29.8 Å².